The SMILES string of the molecule is CSc1nc(Cl)ncc1C(F)F. The van der Waals surface area contributed by atoms with Crippen LogP contribution in [0.1, 0.15) is 12.0 Å². The van der Waals surface area contributed by atoms with Gasteiger partial charge in [-0.2, -0.15) is 0 Å². The van der Waals surface area contributed by atoms with Gasteiger partial charge in [0, 0.05) is 6.20 Å². The molecule has 0 saturated heterocycles. The molecule has 0 aromatic carbocycles. The number of thioether (sulfide) groups is 1. The highest BCUT2D eigenvalue weighted by Gasteiger charge is 2.14. The zero-order chi connectivity index (χ0) is 9.14. The van der Waals surface area contributed by atoms with Crippen molar-refractivity contribution in [1.29, 1.82) is 0 Å². The van der Waals surface area contributed by atoms with Crippen molar-refractivity contribution in [2.24, 2.45) is 0 Å². The van der Waals surface area contributed by atoms with Crippen LogP contribution in [0.4, 0.5) is 8.78 Å². The molecule has 1 heterocycles. The minimum atomic E-state index is -2.55. The van der Waals surface area contributed by atoms with Crippen LogP contribution in [0.3, 0.4) is 0 Å². The first-order valence-electron chi connectivity index (χ1n) is 2.99. The highest BCUT2D eigenvalue weighted by atomic mass is 35.5. The summed E-state index contributed by atoms with van der Waals surface area (Å²) in [7, 11) is 0. The molecular formula is C6H5ClF2N2S. The molecule has 0 amide bonds. The van der Waals surface area contributed by atoms with E-state index in [-0.39, 0.29) is 15.9 Å². The molecule has 66 valence electrons. The van der Waals surface area contributed by atoms with Gasteiger partial charge >= 0.3 is 0 Å². The lowest BCUT2D eigenvalue weighted by molar-refractivity contribution is 0.147. The van der Waals surface area contributed by atoms with E-state index in [2.05, 4.69) is 9.97 Å². The Morgan fingerprint density at radius 2 is 2.25 bits per heavy atom. The van der Waals surface area contributed by atoms with E-state index < -0.39 is 6.43 Å². The molecule has 1 rings (SSSR count). The average molecular weight is 211 g/mol. The van der Waals surface area contributed by atoms with Crippen LogP contribution in [0.15, 0.2) is 11.2 Å². The molecule has 0 fully saturated rings. The molecule has 2 nitrogen and oxygen atoms in total. The Bertz CT molecular complexity index is 282. The zero-order valence-electron chi connectivity index (χ0n) is 6.09. The van der Waals surface area contributed by atoms with Crippen LogP contribution in [0, 0.1) is 0 Å². The van der Waals surface area contributed by atoms with Gasteiger partial charge in [0.1, 0.15) is 5.03 Å². The van der Waals surface area contributed by atoms with Crippen molar-refractivity contribution >= 4 is 23.4 Å². The molecule has 0 aliphatic carbocycles. The van der Waals surface area contributed by atoms with Gasteiger partial charge in [-0.05, 0) is 17.9 Å². The predicted octanol–water partition coefficient (Wildman–Crippen LogP) is 2.79. The van der Waals surface area contributed by atoms with Gasteiger partial charge in [0.15, 0.2) is 0 Å². The molecule has 6 heteroatoms. The van der Waals surface area contributed by atoms with Crippen LogP contribution >= 0.6 is 23.4 Å². The molecule has 0 spiro atoms. The molecule has 0 bridgehead atoms. The van der Waals surface area contributed by atoms with E-state index in [1.54, 1.807) is 6.26 Å². The van der Waals surface area contributed by atoms with Crippen molar-refractivity contribution in [3.05, 3.63) is 17.0 Å². The van der Waals surface area contributed by atoms with Gasteiger partial charge in [0.05, 0.1) is 5.56 Å². The van der Waals surface area contributed by atoms with Crippen molar-refractivity contribution in [2.45, 2.75) is 11.5 Å². The van der Waals surface area contributed by atoms with Gasteiger partial charge in [0.2, 0.25) is 5.28 Å². The lowest BCUT2D eigenvalue weighted by atomic mass is 10.4. The zero-order valence-corrected chi connectivity index (χ0v) is 7.66. The van der Waals surface area contributed by atoms with Crippen LogP contribution in [0.2, 0.25) is 5.28 Å². The number of aromatic nitrogens is 2. The van der Waals surface area contributed by atoms with E-state index in [0.717, 1.165) is 18.0 Å². The summed E-state index contributed by atoms with van der Waals surface area (Å²) in [5, 5.41) is 0.216. The van der Waals surface area contributed by atoms with Gasteiger partial charge in [-0.3, -0.25) is 0 Å². The summed E-state index contributed by atoms with van der Waals surface area (Å²) < 4.78 is 24.4. The largest absolute Gasteiger partial charge is 0.267 e. The average Bonchev–Trinajstić information content (AvgIpc) is 2.03. The lowest BCUT2D eigenvalue weighted by Gasteiger charge is -2.03. The number of hydrogen-bond acceptors (Lipinski definition) is 3. The second kappa shape index (κ2) is 4.00. The monoisotopic (exact) mass is 210 g/mol. The molecule has 0 aliphatic heterocycles. The third-order valence-corrected chi connectivity index (χ3v) is 2.08. The smallest absolute Gasteiger partial charge is 0.226 e. The fourth-order valence-corrected chi connectivity index (χ4v) is 1.41. The molecule has 0 N–H and O–H groups in total. The van der Waals surface area contributed by atoms with E-state index in [9.17, 15) is 8.78 Å². The van der Waals surface area contributed by atoms with Gasteiger partial charge < -0.3 is 0 Å². The lowest BCUT2D eigenvalue weighted by Crippen LogP contribution is -1.94. The Kier molecular flexibility index (Phi) is 3.22. The van der Waals surface area contributed by atoms with Crippen molar-refractivity contribution in [2.75, 3.05) is 6.26 Å². The Morgan fingerprint density at radius 1 is 1.58 bits per heavy atom. The number of halogens is 3. The summed E-state index contributed by atoms with van der Waals surface area (Å²) in [6.45, 7) is 0. The molecule has 1 aromatic rings. The minimum absolute atomic E-state index is 0.0104. The highest BCUT2D eigenvalue weighted by Crippen LogP contribution is 2.27. The van der Waals surface area contributed by atoms with Gasteiger partial charge in [-0.25, -0.2) is 18.7 Å². The first-order valence-corrected chi connectivity index (χ1v) is 4.60. The third kappa shape index (κ3) is 2.04. The number of alkyl halides is 2. The quantitative estimate of drug-likeness (QED) is 0.427. The van der Waals surface area contributed by atoms with Crippen molar-refractivity contribution in [1.82, 2.24) is 9.97 Å². The van der Waals surface area contributed by atoms with Crippen LogP contribution in [0.25, 0.3) is 0 Å². The second-order valence-corrected chi connectivity index (χ2v) is 3.04. The molecule has 0 atom stereocenters. The van der Waals surface area contributed by atoms with Crippen LogP contribution in [-0.4, -0.2) is 16.2 Å². The Hall–Kier alpha value is -0.420. The summed E-state index contributed by atoms with van der Waals surface area (Å²) in [5.41, 5.74) is -0.174. The van der Waals surface area contributed by atoms with E-state index in [0.29, 0.717) is 0 Å². The Balaban J connectivity index is 3.11. The second-order valence-electron chi connectivity index (χ2n) is 1.90. The number of rotatable bonds is 2. The maximum atomic E-state index is 12.2. The van der Waals surface area contributed by atoms with Crippen LogP contribution in [-0.2, 0) is 0 Å². The maximum Gasteiger partial charge on any atom is 0.267 e. The number of hydrogen-bond donors (Lipinski definition) is 0. The highest BCUT2D eigenvalue weighted by molar-refractivity contribution is 7.98. The third-order valence-electron chi connectivity index (χ3n) is 1.18. The standard InChI is InChI=1S/C6H5ClF2N2S/c1-12-5-3(4(8)9)2-10-6(7)11-5/h2,4H,1H3. The fraction of sp³-hybridized carbons (Fsp3) is 0.333. The first kappa shape index (κ1) is 9.67. The predicted molar refractivity (Wildman–Crippen MR) is 43.8 cm³/mol. The fourth-order valence-electron chi connectivity index (χ4n) is 0.668. The molecule has 0 aliphatic rings. The van der Waals surface area contributed by atoms with Crippen molar-refractivity contribution in [3.63, 3.8) is 0 Å². The van der Waals surface area contributed by atoms with Crippen LogP contribution < -0.4 is 0 Å². The first-order chi connectivity index (χ1) is 5.65. The summed E-state index contributed by atoms with van der Waals surface area (Å²) in [6, 6.07) is 0. The Morgan fingerprint density at radius 3 is 2.75 bits per heavy atom. The van der Waals surface area contributed by atoms with E-state index in [1.165, 1.54) is 0 Å². The van der Waals surface area contributed by atoms with Crippen molar-refractivity contribution in [3.8, 4) is 0 Å². The summed E-state index contributed by atoms with van der Waals surface area (Å²) in [6.07, 6.45) is 0.154. The Labute approximate surface area is 77.4 Å². The van der Waals surface area contributed by atoms with E-state index >= 15 is 0 Å². The van der Waals surface area contributed by atoms with Gasteiger partial charge in [0.25, 0.3) is 6.43 Å². The molecule has 0 unspecified atom stereocenters. The summed E-state index contributed by atoms with van der Waals surface area (Å²) in [4.78, 5) is 7.12. The topological polar surface area (TPSA) is 25.8 Å². The molecule has 1 aromatic heterocycles. The van der Waals surface area contributed by atoms with E-state index in [4.69, 9.17) is 11.6 Å². The minimum Gasteiger partial charge on any atom is -0.226 e. The van der Waals surface area contributed by atoms with E-state index in [1.807, 2.05) is 0 Å². The summed E-state index contributed by atoms with van der Waals surface area (Å²) in [5.74, 6) is 0. The number of nitrogens with zero attached hydrogens (tertiary/aromatic N) is 2. The molecular weight excluding hydrogens is 206 g/mol. The van der Waals surface area contributed by atoms with Gasteiger partial charge in [-0.15, -0.1) is 11.8 Å². The summed E-state index contributed by atoms with van der Waals surface area (Å²) >= 11 is 6.54. The van der Waals surface area contributed by atoms with Crippen molar-refractivity contribution < 1.29 is 8.78 Å². The molecule has 0 saturated carbocycles. The normalized spacial score (nSPS) is 10.8. The van der Waals surface area contributed by atoms with Crippen LogP contribution in [0.5, 0.6) is 0 Å². The molecule has 0 radical (unpaired) electrons. The molecule has 12 heavy (non-hydrogen) atoms. The maximum absolute atomic E-state index is 12.2. The van der Waals surface area contributed by atoms with Gasteiger partial charge in [-0.1, -0.05) is 0 Å².